The Morgan fingerprint density at radius 3 is 2.47 bits per heavy atom. The van der Waals surface area contributed by atoms with Crippen molar-refractivity contribution in [2.45, 2.75) is 51.2 Å². The Bertz CT molecular complexity index is 898. The number of nitrogens with zero attached hydrogens (tertiary/aromatic N) is 1. The molecule has 6 heteroatoms. The summed E-state index contributed by atoms with van der Waals surface area (Å²) in [5.74, 6) is 1.93. The molecule has 5 nitrogen and oxygen atoms in total. The maximum Gasteiger partial charge on any atom is 0.410 e. The zero-order valence-electron chi connectivity index (χ0n) is 17.7. The van der Waals surface area contributed by atoms with Crippen molar-refractivity contribution in [3.05, 3.63) is 58.6 Å². The Morgan fingerprint density at radius 2 is 1.80 bits per heavy atom. The second kappa shape index (κ2) is 8.38. The van der Waals surface area contributed by atoms with Gasteiger partial charge in [-0.15, -0.1) is 0 Å². The minimum Gasteiger partial charge on any atom is -0.485 e. The van der Waals surface area contributed by atoms with Gasteiger partial charge in [0.25, 0.3) is 0 Å². The fourth-order valence-corrected chi connectivity index (χ4v) is 4.12. The van der Waals surface area contributed by atoms with Crippen molar-refractivity contribution in [1.82, 2.24) is 4.90 Å². The van der Waals surface area contributed by atoms with Crippen LogP contribution in [0.2, 0.25) is 5.02 Å². The molecule has 2 aromatic carbocycles. The third kappa shape index (κ3) is 4.67. The predicted octanol–water partition coefficient (Wildman–Crippen LogP) is 5.97. The summed E-state index contributed by atoms with van der Waals surface area (Å²) >= 11 is 6.00. The van der Waals surface area contributed by atoms with E-state index in [-0.39, 0.29) is 12.2 Å². The molecule has 1 fully saturated rings. The molecular formula is C24H28ClNO4. The minimum atomic E-state index is -0.474. The monoisotopic (exact) mass is 429 g/mol. The summed E-state index contributed by atoms with van der Waals surface area (Å²) in [5, 5.41) is 0.705. The van der Waals surface area contributed by atoms with E-state index in [9.17, 15) is 4.79 Å². The Hall–Kier alpha value is -2.40. The zero-order chi connectivity index (χ0) is 21.3. The number of fused-ring (bicyclic) bond motifs is 1. The fraction of sp³-hybridized carbons (Fsp3) is 0.458. The van der Waals surface area contributed by atoms with Crippen LogP contribution < -0.4 is 9.47 Å². The van der Waals surface area contributed by atoms with Crippen LogP contribution in [0.3, 0.4) is 0 Å². The third-order valence-corrected chi connectivity index (χ3v) is 5.74. The smallest absolute Gasteiger partial charge is 0.410 e. The van der Waals surface area contributed by atoms with Crippen LogP contribution >= 0.6 is 11.6 Å². The predicted molar refractivity (Wildman–Crippen MR) is 117 cm³/mol. The highest BCUT2D eigenvalue weighted by Gasteiger charge is 2.31. The van der Waals surface area contributed by atoms with Crippen molar-refractivity contribution in [2.24, 2.45) is 0 Å². The van der Waals surface area contributed by atoms with E-state index in [4.69, 9.17) is 25.8 Å². The Balaban J connectivity index is 1.43. The quantitative estimate of drug-likeness (QED) is 0.590. The number of carbonyl (C=O) groups excluding carboxylic acids is 1. The average Bonchev–Trinajstić information content (AvgIpc) is 2.72. The van der Waals surface area contributed by atoms with Gasteiger partial charge in [-0.3, -0.25) is 0 Å². The largest absolute Gasteiger partial charge is 0.485 e. The SMILES string of the molecule is CC(C)(C)OC(=O)N1CCC(c2cccc3c2OC[C@@H](c2ccc(Cl)cc2)O3)CC1. The van der Waals surface area contributed by atoms with Crippen LogP contribution in [0.25, 0.3) is 0 Å². The summed E-state index contributed by atoms with van der Waals surface area (Å²) in [5.41, 5.74) is 1.73. The molecule has 2 aliphatic heterocycles. The highest BCUT2D eigenvalue weighted by molar-refractivity contribution is 6.30. The molecular weight excluding hydrogens is 402 g/mol. The molecule has 0 N–H and O–H groups in total. The molecule has 0 aliphatic carbocycles. The second-order valence-corrected chi connectivity index (χ2v) is 9.32. The first-order valence-electron chi connectivity index (χ1n) is 10.5. The molecule has 2 heterocycles. The van der Waals surface area contributed by atoms with Crippen molar-refractivity contribution < 1.29 is 19.0 Å². The van der Waals surface area contributed by atoms with Crippen molar-refractivity contribution in [3.63, 3.8) is 0 Å². The molecule has 160 valence electrons. The van der Waals surface area contributed by atoms with Crippen LogP contribution in [0.1, 0.15) is 56.8 Å². The molecule has 0 bridgehead atoms. The van der Waals surface area contributed by atoms with E-state index in [1.807, 2.05) is 57.2 Å². The molecule has 4 rings (SSSR count). The fourth-order valence-electron chi connectivity index (χ4n) is 3.99. The molecule has 2 aromatic rings. The van der Waals surface area contributed by atoms with E-state index in [2.05, 4.69) is 6.07 Å². The third-order valence-electron chi connectivity index (χ3n) is 5.49. The molecule has 0 saturated carbocycles. The summed E-state index contributed by atoms with van der Waals surface area (Å²) in [6, 6.07) is 13.8. The number of likely N-dealkylation sites (tertiary alicyclic amines) is 1. The van der Waals surface area contributed by atoms with E-state index >= 15 is 0 Å². The lowest BCUT2D eigenvalue weighted by atomic mass is 9.88. The molecule has 0 unspecified atom stereocenters. The summed E-state index contributed by atoms with van der Waals surface area (Å²) in [6.07, 6.45) is 1.36. The van der Waals surface area contributed by atoms with Gasteiger partial charge in [0.15, 0.2) is 17.6 Å². The van der Waals surface area contributed by atoms with Gasteiger partial charge in [0.2, 0.25) is 0 Å². The zero-order valence-corrected chi connectivity index (χ0v) is 18.4. The molecule has 0 radical (unpaired) electrons. The first-order chi connectivity index (χ1) is 14.3. The number of amides is 1. The normalized spacial score (nSPS) is 19.5. The van der Waals surface area contributed by atoms with E-state index in [1.54, 1.807) is 4.90 Å². The van der Waals surface area contributed by atoms with Gasteiger partial charge in [-0.25, -0.2) is 4.79 Å². The lowest BCUT2D eigenvalue weighted by Gasteiger charge is -2.35. The van der Waals surface area contributed by atoms with Crippen molar-refractivity contribution >= 4 is 17.7 Å². The summed E-state index contributed by atoms with van der Waals surface area (Å²) in [6.45, 7) is 7.49. The van der Waals surface area contributed by atoms with Gasteiger partial charge in [-0.2, -0.15) is 0 Å². The van der Waals surface area contributed by atoms with Crippen molar-refractivity contribution in [1.29, 1.82) is 0 Å². The average molecular weight is 430 g/mol. The van der Waals surface area contributed by atoms with Gasteiger partial charge < -0.3 is 19.1 Å². The first kappa shape index (κ1) is 20.9. The number of piperidine rings is 1. The summed E-state index contributed by atoms with van der Waals surface area (Å²) < 4.78 is 17.9. The first-order valence-corrected chi connectivity index (χ1v) is 10.8. The van der Waals surface area contributed by atoms with Gasteiger partial charge >= 0.3 is 6.09 Å². The molecule has 1 amide bonds. The van der Waals surface area contributed by atoms with Gasteiger partial charge in [0.05, 0.1) is 0 Å². The van der Waals surface area contributed by atoms with Crippen LogP contribution in [0.5, 0.6) is 11.5 Å². The van der Waals surface area contributed by atoms with Crippen LogP contribution in [0, 0.1) is 0 Å². The van der Waals surface area contributed by atoms with E-state index in [0.29, 0.717) is 30.6 Å². The number of benzene rings is 2. The number of ether oxygens (including phenoxy) is 3. The summed E-state index contributed by atoms with van der Waals surface area (Å²) in [7, 11) is 0. The topological polar surface area (TPSA) is 48.0 Å². The Kier molecular flexibility index (Phi) is 5.83. The number of para-hydroxylation sites is 1. The Labute approximate surface area is 182 Å². The maximum atomic E-state index is 12.3. The summed E-state index contributed by atoms with van der Waals surface area (Å²) in [4.78, 5) is 14.1. The molecule has 1 saturated heterocycles. The van der Waals surface area contributed by atoms with Crippen LogP contribution in [0.15, 0.2) is 42.5 Å². The number of hydrogen-bond acceptors (Lipinski definition) is 4. The number of carbonyl (C=O) groups is 1. The van der Waals surface area contributed by atoms with Gasteiger partial charge in [0, 0.05) is 23.7 Å². The Morgan fingerprint density at radius 1 is 1.10 bits per heavy atom. The molecule has 1 atom stereocenters. The van der Waals surface area contributed by atoms with Gasteiger partial charge in [-0.05, 0) is 63.3 Å². The highest BCUT2D eigenvalue weighted by atomic mass is 35.5. The number of hydrogen-bond donors (Lipinski definition) is 0. The molecule has 0 aromatic heterocycles. The standard InChI is InChI=1S/C24H28ClNO4/c1-24(2,3)30-23(27)26-13-11-16(12-14-26)19-5-4-6-20-22(19)28-15-21(29-20)17-7-9-18(25)10-8-17/h4-10,16,21H,11-15H2,1-3H3/t21-/m0/s1. The van der Waals surface area contributed by atoms with Crippen LogP contribution in [0.4, 0.5) is 4.79 Å². The second-order valence-electron chi connectivity index (χ2n) is 8.89. The minimum absolute atomic E-state index is 0.154. The van der Waals surface area contributed by atoms with Gasteiger partial charge in [0.1, 0.15) is 12.2 Å². The van der Waals surface area contributed by atoms with E-state index in [0.717, 1.165) is 35.5 Å². The lowest BCUT2D eigenvalue weighted by molar-refractivity contribution is 0.0203. The van der Waals surface area contributed by atoms with Crippen LogP contribution in [-0.2, 0) is 4.74 Å². The van der Waals surface area contributed by atoms with E-state index < -0.39 is 5.60 Å². The van der Waals surface area contributed by atoms with Crippen LogP contribution in [-0.4, -0.2) is 36.3 Å². The van der Waals surface area contributed by atoms with E-state index in [1.165, 1.54) is 0 Å². The number of rotatable bonds is 2. The highest BCUT2D eigenvalue weighted by Crippen LogP contribution is 2.44. The van der Waals surface area contributed by atoms with Crippen molar-refractivity contribution in [2.75, 3.05) is 19.7 Å². The van der Waals surface area contributed by atoms with Crippen molar-refractivity contribution in [3.8, 4) is 11.5 Å². The molecule has 2 aliphatic rings. The molecule has 30 heavy (non-hydrogen) atoms. The van der Waals surface area contributed by atoms with Gasteiger partial charge in [-0.1, -0.05) is 35.9 Å². The lowest BCUT2D eigenvalue weighted by Crippen LogP contribution is -2.41. The molecule has 0 spiro atoms. The maximum absolute atomic E-state index is 12.3. The number of halogens is 1.